The Bertz CT molecular complexity index is 1630. The van der Waals surface area contributed by atoms with Gasteiger partial charge < -0.3 is 14.8 Å². The fourth-order valence-electron chi connectivity index (χ4n) is 4.02. The van der Waals surface area contributed by atoms with Crippen LogP contribution in [0.15, 0.2) is 58.8 Å². The largest absolute Gasteiger partial charge is 0.496 e. The van der Waals surface area contributed by atoms with Gasteiger partial charge in [-0.3, -0.25) is 19.0 Å². The molecule has 4 rings (SSSR count). The van der Waals surface area contributed by atoms with Gasteiger partial charge in [0.25, 0.3) is 10.0 Å². The molecule has 0 radical (unpaired) electrons. The van der Waals surface area contributed by atoms with E-state index in [1.165, 1.54) is 19.2 Å². The van der Waals surface area contributed by atoms with E-state index in [4.69, 9.17) is 21.1 Å². The second-order valence-corrected chi connectivity index (χ2v) is 12.8. The molecule has 212 valence electrons. The summed E-state index contributed by atoms with van der Waals surface area (Å²) < 4.78 is 41.3. The lowest BCUT2D eigenvalue weighted by atomic mass is 10.1. The summed E-state index contributed by atoms with van der Waals surface area (Å²) in [6, 6.07) is 15.9. The highest BCUT2D eigenvalue weighted by Gasteiger charge is 2.23. The van der Waals surface area contributed by atoms with Gasteiger partial charge in [0.15, 0.2) is 5.82 Å². The van der Waals surface area contributed by atoms with E-state index in [2.05, 4.69) is 15.1 Å². The number of ether oxygens (including phenoxy) is 2. The van der Waals surface area contributed by atoms with E-state index in [1.54, 1.807) is 30.7 Å². The number of thiophene rings is 1. The van der Waals surface area contributed by atoms with Crippen molar-refractivity contribution in [2.24, 2.45) is 0 Å². The quantitative estimate of drug-likeness (QED) is 0.219. The van der Waals surface area contributed by atoms with Crippen LogP contribution in [0.3, 0.4) is 0 Å². The van der Waals surface area contributed by atoms with Gasteiger partial charge in [0.1, 0.15) is 9.96 Å². The predicted molar refractivity (Wildman–Crippen MR) is 154 cm³/mol. The molecule has 0 aliphatic carbocycles. The number of amides is 1. The van der Waals surface area contributed by atoms with Crippen molar-refractivity contribution >= 4 is 61.6 Å². The number of nitrogens with one attached hydrogen (secondary N) is 2. The number of hydrogen-bond acceptors (Lipinski definition) is 8. The Balaban J connectivity index is 1.51. The summed E-state index contributed by atoms with van der Waals surface area (Å²) in [4.78, 5) is 23.9. The Morgan fingerprint density at radius 1 is 1.07 bits per heavy atom. The van der Waals surface area contributed by atoms with E-state index in [0.717, 1.165) is 22.5 Å². The molecule has 2 aromatic carbocycles. The number of esters is 1. The van der Waals surface area contributed by atoms with Gasteiger partial charge in [-0.2, -0.15) is 5.10 Å². The first-order valence-electron chi connectivity index (χ1n) is 12.4. The first-order chi connectivity index (χ1) is 19.1. The maximum Gasteiger partial charge on any atom is 0.306 e. The number of sulfonamides is 1. The molecule has 2 N–H and O–H groups in total. The van der Waals surface area contributed by atoms with E-state index < -0.39 is 16.0 Å². The molecule has 4 aromatic rings. The van der Waals surface area contributed by atoms with Crippen LogP contribution in [-0.4, -0.2) is 43.3 Å². The second kappa shape index (κ2) is 12.7. The average Bonchev–Trinajstić information content (AvgIpc) is 3.50. The van der Waals surface area contributed by atoms with Crippen molar-refractivity contribution in [1.29, 1.82) is 0 Å². The molecule has 0 aliphatic rings. The molecule has 10 nitrogen and oxygen atoms in total. The number of carbonyl (C=O) groups is 2. The van der Waals surface area contributed by atoms with E-state index in [1.807, 2.05) is 30.3 Å². The molecular formula is C27H29ClN4O6S2. The SMILES string of the molecule is COc1cccc2c1c(NS(=O)(=O)c1ccc(Cl)s1)nn2Cc1cccc(CNC(=O)CCC(=O)OC(C)C)c1. The monoisotopic (exact) mass is 604 g/mol. The molecule has 0 atom stereocenters. The summed E-state index contributed by atoms with van der Waals surface area (Å²) in [6.07, 6.45) is -0.156. The van der Waals surface area contributed by atoms with Crippen molar-refractivity contribution in [1.82, 2.24) is 15.1 Å². The summed E-state index contributed by atoms with van der Waals surface area (Å²) in [5.74, 6) is -0.0490. The Morgan fingerprint density at radius 2 is 1.82 bits per heavy atom. The average molecular weight is 605 g/mol. The molecule has 0 aliphatic heterocycles. The van der Waals surface area contributed by atoms with Gasteiger partial charge in [-0.05, 0) is 49.2 Å². The predicted octanol–water partition coefficient (Wildman–Crippen LogP) is 4.96. The van der Waals surface area contributed by atoms with Gasteiger partial charge in [-0.15, -0.1) is 11.3 Å². The lowest BCUT2D eigenvalue weighted by Crippen LogP contribution is -2.24. The van der Waals surface area contributed by atoms with Crippen LogP contribution in [0.4, 0.5) is 5.82 Å². The summed E-state index contributed by atoms with van der Waals surface area (Å²) in [5.41, 5.74) is 2.42. The standard InChI is InChI=1S/C27H29ClN4O6S2/c1-17(2)38-24(34)12-11-23(33)29-15-18-6-4-7-19(14-18)16-32-20-8-5-9-21(37-3)26(20)27(30-32)31-40(35,36)25-13-10-22(28)39-25/h4-10,13-14,17H,11-12,15-16H2,1-3H3,(H,29,33)(H,30,31). The highest BCUT2D eigenvalue weighted by atomic mass is 35.5. The van der Waals surface area contributed by atoms with Gasteiger partial charge >= 0.3 is 5.97 Å². The molecule has 40 heavy (non-hydrogen) atoms. The van der Waals surface area contributed by atoms with Crippen molar-refractivity contribution < 1.29 is 27.5 Å². The molecule has 2 aromatic heterocycles. The van der Waals surface area contributed by atoms with Crippen LogP contribution in [0.25, 0.3) is 10.9 Å². The smallest absolute Gasteiger partial charge is 0.306 e. The van der Waals surface area contributed by atoms with Crippen molar-refractivity contribution in [3.8, 4) is 5.75 Å². The second-order valence-electron chi connectivity index (χ2n) is 9.16. The summed E-state index contributed by atoms with van der Waals surface area (Å²) >= 11 is 6.90. The number of fused-ring (bicyclic) bond motifs is 1. The van der Waals surface area contributed by atoms with E-state index >= 15 is 0 Å². The highest BCUT2D eigenvalue weighted by Crippen LogP contribution is 2.35. The molecular weight excluding hydrogens is 576 g/mol. The number of halogens is 1. The maximum atomic E-state index is 13.0. The summed E-state index contributed by atoms with van der Waals surface area (Å²) in [7, 11) is -2.42. The fourth-order valence-corrected chi connectivity index (χ4v) is 6.51. The lowest BCUT2D eigenvalue weighted by Gasteiger charge is -2.09. The molecule has 2 heterocycles. The van der Waals surface area contributed by atoms with Crippen LogP contribution >= 0.6 is 22.9 Å². The van der Waals surface area contributed by atoms with E-state index in [-0.39, 0.29) is 41.4 Å². The number of hydrogen-bond donors (Lipinski definition) is 2. The maximum absolute atomic E-state index is 13.0. The number of rotatable bonds is 12. The molecule has 13 heteroatoms. The zero-order valence-electron chi connectivity index (χ0n) is 22.1. The van der Waals surface area contributed by atoms with Gasteiger partial charge in [-0.1, -0.05) is 41.9 Å². The Morgan fingerprint density at radius 3 is 2.52 bits per heavy atom. The first-order valence-corrected chi connectivity index (χ1v) is 15.1. The number of carbonyl (C=O) groups excluding carboxylic acids is 2. The van der Waals surface area contributed by atoms with Crippen molar-refractivity contribution in [2.45, 2.75) is 50.1 Å². The topological polar surface area (TPSA) is 129 Å². The van der Waals surface area contributed by atoms with E-state index in [9.17, 15) is 18.0 Å². The number of methoxy groups -OCH3 is 1. The van der Waals surface area contributed by atoms with Gasteiger partial charge in [-0.25, -0.2) is 8.42 Å². The molecule has 1 amide bonds. The lowest BCUT2D eigenvalue weighted by molar-refractivity contribution is -0.148. The Hall–Kier alpha value is -3.61. The van der Waals surface area contributed by atoms with Gasteiger partial charge in [0.05, 0.1) is 41.4 Å². The molecule has 0 saturated carbocycles. The molecule has 0 fully saturated rings. The van der Waals surface area contributed by atoms with Crippen molar-refractivity contribution in [2.75, 3.05) is 11.8 Å². The molecule has 0 saturated heterocycles. The third kappa shape index (κ3) is 7.32. The molecule has 0 unspecified atom stereocenters. The highest BCUT2D eigenvalue weighted by molar-refractivity contribution is 7.94. The molecule has 0 bridgehead atoms. The normalized spacial score (nSPS) is 11.5. The minimum atomic E-state index is -3.92. The fraction of sp³-hybridized carbons (Fsp3) is 0.296. The van der Waals surface area contributed by atoms with Crippen LogP contribution in [-0.2, 0) is 37.4 Å². The van der Waals surface area contributed by atoms with Crippen LogP contribution in [0.2, 0.25) is 4.34 Å². The van der Waals surface area contributed by atoms with Crippen molar-refractivity contribution in [3.05, 3.63) is 70.1 Å². The number of benzene rings is 2. The van der Waals surface area contributed by atoms with Crippen LogP contribution in [0.5, 0.6) is 5.75 Å². The Kier molecular flexibility index (Phi) is 9.33. The van der Waals surface area contributed by atoms with Gasteiger partial charge in [0, 0.05) is 13.0 Å². The number of anilines is 1. The van der Waals surface area contributed by atoms with E-state index in [0.29, 0.717) is 27.5 Å². The zero-order chi connectivity index (χ0) is 28.9. The third-order valence-electron chi connectivity index (χ3n) is 5.74. The van der Waals surface area contributed by atoms with Gasteiger partial charge in [0.2, 0.25) is 5.91 Å². The molecule has 0 spiro atoms. The summed E-state index contributed by atoms with van der Waals surface area (Å²) in [5, 5.41) is 7.92. The van der Waals surface area contributed by atoms with Crippen LogP contribution < -0.4 is 14.8 Å². The van der Waals surface area contributed by atoms with Crippen LogP contribution in [0, 0.1) is 0 Å². The number of nitrogens with zero attached hydrogens (tertiary/aromatic N) is 2. The summed E-state index contributed by atoms with van der Waals surface area (Å²) in [6.45, 7) is 4.13. The zero-order valence-corrected chi connectivity index (χ0v) is 24.5. The minimum Gasteiger partial charge on any atom is -0.496 e. The third-order valence-corrected chi connectivity index (χ3v) is 8.80. The van der Waals surface area contributed by atoms with Crippen LogP contribution in [0.1, 0.15) is 37.8 Å². The first kappa shape index (κ1) is 29.4. The minimum absolute atomic E-state index is 0.0193. The Labute approximate surface area is 241 Å². The number of aromatic nitrogens is 2. The van der Waals surface area contributed by atoms with Crippen molar-refractivity contribution in [3.63, 3.8) is 0 Å².